The van der Waals surface area contributed by atoms with Crippen molar-refractivity contribution in [3.05, 3.63) is 89.2 Å². The van der Waals surface area contributed by atoms with Crippen LogP contribution in [-0.2, 0) is 26.9 Å². The predicted octanol–water partition coefficient (Wildman–Crippen LogP) is 4.85. The van der Waals surface area contributed by atoms with Crippen LogP contribution in [0.3, 0.4) is 0 Å². The van der Waals surface area contributed by atoms with Gasteiger partial charge in [-0.3, -0.25) is 14.7 Å². The second-order valence-corrected chi connectivity index (χ2v) is 11.3. The number of carbonyl (C=O) groups excluding carboxylic acids is 1. The van der Waals surface area contributed by atoms with Crippen molar-refractivity contribution in [3.63, 3.8) is 0 Å². The van der Waals surface area contributed by atoms with Gasteiger partial charge in [-0.15, -0.1) is 0 Å². The third kappa shape index (κ3) is 5.83. The van der Waals surface area contributed by atoms with Crippen molar-refractivity contribution in [2.24, 2.45) is 0 Å². The Hall–Kier alpha value is -3.10. The van der Waals surface area contributed by atoms with Crippen molar-refractivity contribution in [3.8, 4) is 0 Å². The van der Waals surface area contributed by atoms with Gasteiger partial charge in [-0.25, -0.2) is 13.4 Å². The van der Waals surface area contributed by atoms with Gasteiger partial charge in [0.05, 0.1) is 28.3 Å². The molecular formula is C25H25N3O3S2. The Morgan fingerprint density at radius 1 is 1.03 bits per heavy atom. The van der Waals surface area contributed by atoms with E-state index in [4.69, 9.17) is 4.98 Å². The molecule has 33 heavy (non-hydrogen) atoms. The number of amides is 1. The molecule has 2 heterocycles. The highest BCUT2D eigenvalue weighted by Crippen LogP contribution is 2.32. The molecule has 8 heteroatoms. The van der Waals surface area contributed by atoms with E-state index >= 15 is 0 Å². The lowest BCUT2D eigenvalue weighted by Gasteiger charge is -2.20. The largest absolute Gasteiger partial charge is 0.284 e. The molecule has 0 aliphatic carbocycles. The molecule has 0 unspecified atom stereocenters. The smallest absolute Gasteiger partial charge is 0.230 e. The van der Waals surface area contributed by atoms with Crippen molar-refractivity contribution in [2.45, 2.75) is 32.6 Å². The molecule has 2 aromatic carbocycles. The Morgan fingerprint density at radius 2 is 1.79 bits per heavy atom. The predicted molar refractivity (Wildman–Crippen MR) is 133 cm³/mol. The minimum atomic E-state index is -3.43. The second kappa shape index (κ2) is 9.80. The molecule has 170 valence electrons. The van der Waals surface area contributed by atoms with Crippen LogP contribution in [0.15, 0.2) is 67.0 Å². The van der Waals surface area contributed by atoms with Crippen molar-refractivity contribution in [1.29, 1.82) is 0 Å². The lowest BCUT2D eigenvalue weighted by Crippen LogP contribution is -2.32. The number of sulfone groups is 1. The van der Waals surface area contributed by atoms with Crippen LogP contribution in [0.5, 0.6) is 0 Å². The topological polar surface area (TPSA) is 80.2 Å². The average Bonchev–Trinajstić information content (AvgIpc) is 3.21. The van der Waals surface area contributed by atoms with Crippen LogP contribution >= 0.6 is 11.3 Å². The first-order valence-corrected chi connectivity index (χ1v) is 13.3. The number of benzene rings is 2. The number of aryl methyl sites for hydroxylation is 2. The molecule has 0 aliphatic rings. The molecule has 2 aromatic heterocycles. The van der Waals surface area contributed by atoms with E-state index in [-0.39, 0.29) is 30.4 Å². The molecule has 0 fully saturated rings. The maximum atomic E-state index is 13.3. The first kappa shape index (κ1) is 23.1. The number of carbonyl (C=O) groups is 1. The van der Waals surface area contributed by atoms with Crippen LogP contribution in [0.25, 0.3) is 10.2 Å². The molecule has 0 radical (unpaired) electrons. The zero-order chi connectivity index (χ0) is 23.4. The number of rotatable bonds is 8. The molecule has 0 saturated heterocycles. The molecule has 4 aromatic rings. The Morgan fingerprint density at radius 3 is 2.52 bits per heavy atom. The lowest BCUT2D eigenvalue weighted by atomic mass is 10.1. The zero-order valence-electron chi connectivity index (χ0n) is 18.6. The number of hydrogen-bond acceptors (Lipinski definition) is 6. The maximum absolute atomic E-state index is 13.3. The third-order valence-electron chi connectivity index (χ3n) is 5.27. The number of pyridine rings is 1. The third-order valence-corrected chi connectivity index (χ3v) is 7.89. The lowest BCUT2D eigenvalue weighted by molar-refractivity contribution is -0.118. The molecule has 0 bridgehead atoms. The molecule has 0 spiro atoms. The SMILES string of the molecule is Cc1cc(C)c2nc(N(Cc3cccnc3)C(=O)CCS(=O)(=O)Cc3ccccc3)sc2c1. The molecule has 6 nitrogen and oxygen atoms in total. The van der Waals surface area contributed by atoms with Gasteiger partial charge in [0.25, 0.3) is 0 Å². The minimum absolute atomic E-state index is 0.0800. The molecular weight excluding hydrogens is 454 g/mol. The van der Waals surface area contributed by atoms with Gasteiger partial charge in [-0.1, -0.05) is 53.8 Å². The Bertz CT molecular complexity index is 1370. The molecule has 0 N–H and O–H groups in total. The number of fused-ring (bicyclic) bond motifs is 1. The van der Waals surface area contributed by atoms with Crippen LogP contribution in [0.4, 0.5) is 5.13 Å². The summed E-state index contributed by atoms with van der Waals surface area (Å²) >= 11 is 1.44. The summed E-state index contributed by atoms with van der Waals surface area (Å²) < 4.78 is 26.3. The number of nitrogens with zero attached hydrogens (tertiary/aromatic N) is 3. The van der Waals surface area contributed by atoms with Gasteiger partial charge in [0.2, 0.25) is 5.91 Å². The summed E-state index contributed by atoms with van der Waals surface area (Å²) in [5.41, 5.74) is 4.61. The van der Waals surface area contributed by atoms with Gasteiger partial charge in [0.1, 0.15) is 0 Å². The fourth-order valence-corrected chi connectivity index (χ4v) is 6.18. The Kier molecular flexibility index (Phi) is 6.85. The molecule has 0 saturated carbocycles. The van der Waals surface area contributed by atoms with E-state index in [9.17, 15) is 13.2 Å². The Balaban J connectivity index is 1.58. The fraction of sp³-hybridized carbons (Fsp3) is 0.240. The highest BCUT2D eigenvalue weighted by Gasteiger charge is 2.23. The van der Waals surface area contributed by atoms with Crippen LogP contribution < -0.4 is 4.90 Å². The minimum Gasteiger partial charge on any atom is -0.284 e. The number of aromatic nitrogens is 2. The van der Waals surface area contributed by atoms with Crippen LogP contribution in [0, 0.1) is 13.8 Å². The van der Waals surface area contributed by atoms with Gasteiger partial charge in [0, 0.05) is 18.8 Å². The monoisotopic (exact) mass is 479 g/mol. The van der Waals surface area contributed by atoms with Gasteiger partial charge in [-0.05, 0) is 48.2 Å². The maximum Gasteiger partial charge on any atom is 0.230 e. The number of hydrogen-bond donors (Lipinski definition) is 0. The summed E-state index contributed by atoms with van der Waals surface area (Å²) in [5.74, 6) is -0.569. The summed E-state index contributed by atoms with van der Waals surface area (Å²) in [5, 5.41) is 0.563. The van der Waals surface area contributed by atoms with E-state index in [1.807, 2.05) is 44.2 Å². The molecule has 0 aliphatic heterocycles. The van der Waals surface area contributed by atoms with Crippen molar-refractivity contribution in [1.82, 2.24) is 9.97 Å². The quantitative estimate of drug-likeness (QED) is 0.361. The molecule has 1 amide bonds. The fourth-order valence-electron chi connectivity index (χ4n) is 3.69. The van der Waals surface area contributed by atoms with Crippen LogP contribution in [0.1, 0.15) is 28.7 Å². The van der Waals surface area contributed by atoms with E-state index in [1.54, 1.807) is 29.4 Å². The van der Waals surface area contributed by atoms with Gasteiger partial charge >= 0.3 is 0 Å². The van der Waals surface area contributed by atoms with E-state index in [2.05, 4.69) is 17.1 Å². The summed E-state index contributed by atoms with van der Waals surface area (Å²) in [7, 11) is -3.43. The highest BCUT2D eigenvalue weighted by molar-refractivity contribution is 7.90. The van der Waals surface area contributed by atoms with E-state index in [1.165, 1.54) is 11.3 Å². The first-order valence-electron chi connectivity index (χ1n) is 10.6. The number of thiazole rings is 1. The zero-order valence-corrected chi connectivity index (χ0v) is 20.2. The second-order valence-electron chi connectivity index (χ2n) is 8.09. The van der Waals surface area contributed by atoms with Crippen LogP contribution in [0.2, 0.25) is 0 Å². The molecule has 0 atom stereocenters. The number of anilines is 1. The summed E-state index contributed by atoms with van der Waals surface area (Å²) in [4.78, 5) is 23.7. The van der Waals surface area contributed by atoms with E-state index in [0.29, 0.717) is 10.7 Å². The first-order chi connectivity index (χ1) is 15.8. The van der Waals surface area contributed by atoms with Crippen molar-refractivity contribution >= 4 is 42.4 Å². The Labute approximate surface area is 197 Å². The normalized spacial score (nSPS) is 11.6. The summed E-state index contributed by atoms with van der Waals surface area (Å²) in [6, 6.07) is 16.8. The summed E-state index contributed by atoms with van der Waals surface area (Å²) in [6.07, 6.45) is 3.27. The average molecular weight is 480 g/mol. The van der Waals surface area contributed by atoms with Gasteiger partial charge in [0.15, 0.2) is 15.0 Å². The molecule has 4 rings (SSSR count). The van der Waals surface area contributed by atoms with Crippen molar-refractivity contribution < 1.29 is 13.2 Å². The standard InChI is InChI=1S/C25H25N3O3S2/c1-18-13-19(2)24-22(14-18)32-25(27-24)28(16-21-9-6-11-26-15-21)23(29)10-12-33(30,31)17-20-7-4-3-5-8-20/h3-9,11,13-15H,10,12,16-17H2,1-2H3. The van der Waals surface area contributed by atoms with E-state index in [0.717, 1.165) is 26.9 Å². The van der Waals surface area contributed by atoms with Crippen molar-refractivity contribution in [2.75, 3.05) is 10.7 Å². The van der Waals surface area contributed by atoms with E-state index < -0.39 is 9.84 Å². The highest BCUT2D eigenvalue weighted by atomic mass is 32.2. The van der Waals surface area contributed by atoms with Crippen LogP contribution in [-0.4, -0.2) is 30.0 Å². The van der Waals surface area contributed by atoms with Gasteiger partial charge < -0.3 is 0 Å². The van der Waals surface area contributed by atoms with Gasteiger partial charge in [-0.2, -0.15) is 0 Å². The summed E-state index contributed by atoms with van der Waals surface area (Å²) in [6.45, 7) is 4.31.